The number of alkyl halides is 3. The number of nitrogens with zero attached hydrogens (tertiary/aromatic N) is 5. The average Bonchev–Trinajstić information content (AvgIpc) is 3.30. The monoisotopic (exact) mass is 492 g/mol. The number of aromatic nitrogens is 4. The molecule has 0 atom stereocenters. The van der Waals surface area contributed by atoms with E-state index in [1.54, 1.807) is 24.3 Å². The van der Waals surface area contributed by atoms with Crippen molar-refractivity contribution in [1.82, 2.24) is 25.1 Å². The first-order valence-corrected chi connectivity index (χ1v) is 10.8. The number of methoxy groups -OCH3 is 2. The van der Waals surface area contributed by atoms with Crippen LogP contribution in [-0.4, -0.2) is 59.0 Å². The molecule has 1 fully saturated rings. The standard InChI is InChI=1S/C22H23F3N6O4/c1-34-16-4-3-13(11-15(16)20(33)35-2)12-26-19(32)14-7-9-30(10-8-14)18-6-5-17-27-28-21(22(23,24)25)31(17)29-18/h3-6,11,14H,7-10,12H2,1-2H3,(H,26,32). The van der Waals surface area contributed by atoms with Crippen molar-refractivity contribution in [2.75, 3.05) is 32.2 Å². The molecule has 0 unspecified atom stereocenters. The number of rotatable bonds is 6. The van der Waals surface area contributed by atoms with E-state index in [1.807, 2.05) is 4.90 Å². The quantitative estimate of drug-likeness (QED) is 0.523. The Morgan fingerprint density at radius 3 is 2.51 bits per heavy atom. The second-order valence-electron chi connectivity index (χ2n) is 7.99. The lowest BCUT2D eigenvalue weighted by atomic mass is 9.95. The van der Waals surface area contributed by atoms with Gasteiger partial charge in [-0.3, -0.25) is 4.79 Å². The Bertz CT molecular complexity index is 1240. The topological polar surface area (TPSA) is 111 Å². The van der Waals surface area contributed by atoms with Gasteiger partial charge in [-0.2, -0.15) is 17.7 Å². The van der Waals surface area contributed by atoms with Gasteiger partial charge in [-0.1, -0.05) is 6.07 Å². The van der Waals surface area contributed by atoms with Crippen LogP contribution >= 0.6 is 0 Å². The smallest absolute Gasteiger partial charge is 0.453 e. The summed E-state index contributed by atoms with van der Waals surface area (Å²) in [6, 6.07) is 8.01. The van der Waals surface area contributed by atoms with E-state index in [4.69, 9.17) is 9.47 Å². The summed E-state index contributed by atoms with van der Waals surface area (Å²) in [5.41, 5.74) is 0.981. The van der Waals surface area contributed by atoms with Gasteiger partial charge < -0.3 is 19.7 Å². The number of hydrogen-bond donors (Lipinski definition) is 1. The summed E-state index contributed by atoms with van der Waals surface area (Å²) in [7, 11) is 2.72. The largest absolute Gasteiger partial charge is 0.496 e. The summed E-state index contributed by atoms with van der Waals surface area (Å²) in [6.07, 6.45) is -3.65. The fourth-order valence-electron chi connectivity index (χ4n) is 3.96. The Balaban J connectivity index is 1.36. The highest BCUT2D eigenvalue weighted by molar-refractivity contribution is 5.92. The third kappa shape index (κ3) is 5.12. The first-order chi connectivity index (χ1) is 16.7. The Kier molecular flexibility index (Phi) is 6.76. The predicted octanol–water partition coefficient (Wildman–Crippen LogP) is 2.47. The second kappa shape index (κ2) is 9.76. The normalized spacial score (nSPS) is 14.7. The molecule has 0 saturated carbocycles. The highest BCUT2D eigenvalue weighted by Gasteiger charge is 2.38. The number of piperidine rings is 1. The first kappa shape index (κ1) is 24.2. The van der Waals surface area contributed by atoms with Crippen molar-refractivity contribution in [1.29, 1.82) is 0 Å². The lowest BCUT2D eigenvalue weighted by molar-refractivity contribution is -0.146. The Hall–Kier alpha value is -3.90. The summed E-state index contributed by atoms with van der Waals surface area (Å²) in [5, 5.41) is 13.6. The molecule has 1 saturated heterocycles. The van der Waals surface area contributed by atoms with E-state index >= 15 is 0 Å². The first-order valence-electron chi connectivity index (χ1n) is 10.8. The number of amides is 1. The van der Waals surface area contributed by atoms with Crippen molar-refractivity contribution < 1.29 is 32.2 Å². The van der Waals surface area contributed by atoms with E-state index in [0.717, 1.165) is 0 Å². The third-order valence-corrected chi connectivity index (χ3v) is 5.83. The van der Waals surface area contributed by atoms with Crippen LogP contribution in [0.2, 0.25) is 0 Å². The van der Waals surface area contributed by atoms with Crippen LogP contribution in [-0.2, 0) is 22.3 Å². The summed E-state index contributed by atoms with van der Waals surface area (Å²) >= 11 is 0. The minimum absolute atomic E-state index is 0.00391. The van der Waals surface area contributed by atoms with Gasteiger partial charge in [0.1, 0.15) is 17.1 Å². The number of carbonyl (C=O) groups is 2. The van der Waals surface area contributed by atoms with Crippen LogP contribution in [0.3, 0.4) is 0 Å². The van der Waals surface area contributed by atoms with Gasteiger partial charge in [-0.05, 0) is 42.7 Å². The molecule has 186 valence electrons. The maximum atomic E-state index is 13.1. The van der Waals surface area contributed by atoms with Crippen molar-refractivity contribution in [3.63, 3.8) is 0 Å². The average molecular weight is 492 g/mol. The number of halogens is 3. The van der Waals surface area contributed by atoms with E-state index in [-0.39, 0.29) is 29.6 Å². The van der Waals surface area contributed by atoms with E-state index in [1.165, 1.54) is 20.3 Å². The van der Waals surface area contributed by atoms with Gasteiger partial charge in [0.15, 0.2) is 5.65 Å². The molecule has 1 N–H and O–H groups in total. The molecule has 4 rings (SSSR count). The number of ether oxygens (including phenoxy) is 2. The molecule has 1 aromatic carbocycles. The van der Waals surface area contributed by atoms with Crippen molar-refractivity contribution in [3.05, 3.63) is 47.3 Å². The van der Waals surface area contributed by atoms with E-state index < -0.39 is 18.0 Å². The Morgan fingerprint density at radius 1 is 1.11 bits per heavy atom. The molecule has 1 aliphatic rings. The molecule has 1 aliphatic heterocycles. The van der Waals surface area contributed by atoms with Crippen molar-refractivity contribution in [2.45, 2.75) is 25.6 Å². The predicted molar refractivity (Wildman–Crippen MR) is 117 cm³/mol. The number of fused-ring (bicyclic) bond motifs is 1. The number of benzene rings is 1. The number of anilines is 1. The number of nitrogens with one attached hydrogen (secondary N) is 1. The summed E-state index contributed by atoms with van der Waals surface area (Å²) in [5.74, 6) is -1.38. The molecule has 2 aromatic heterocycles. The summed E-state index contributed by atoms with van der Waals surface area (Å²) < 4.78 is 50.0. The minimum atomic E-state index is -4.67. The molecular weight excluding hydrogens is 469 g/mol. The number of esters is 1. The molecule has 10 nitrogen and oxygen atoms in total. The van der Waals surface area contributed by atoms with Gasteiger partial charge in [0.2, 0.25) is 5.91 Å². The van der Waals surface area contributed by atoms with Gasteiger partial charge in [0, 0.05) is 25.6 Å². The molecule has 3 aromatic rings. The lowest BCUT2D eigenvalue weighted by Crippen LogP contribution is -2.40. The van der Waals surface area contributed by atoms with E-state index in [9.17, 15) is 22.8 Å². The fourth-order valence-corrected chi connectivity index (χ4v) is 3.96. The minimum Gasteiger partial charge on any atom is -0.496 e. The molecule has 1 amide bonds. The lowest BCUT2D eigenvalue weighted by Gasteiger charge is -2.32. The molecule has 0 aliphatic carbocycles. The molecule has 0 bridgehead atoms. The number of carbonyl (C=O) groups excluding carboxylic acids is 2. The molecule has 3 heterocycles. The van der Waals surface area contributed by atoms with Crippen LogP contribution < -0.4 is 15.0 Å². The third-order valence-electron chi connectivity index (χ3n) is 5.83. The second-order valence-corrected chi connectivity index (χ2v) is 7.99. The van der Waals surface area contributed by atoms with Crippen LogP contribution in [0.1, 0.15) is 34.6 Å². The van der Waals surface area contributed by atoms with Crippen molar-refractivity contribution >= 4 is 23.3 Å². The maximum Gasteiger partial charge on any atom is 0.453 e. The summed E-state index contributed by atoms with van der Waals surface area (Å²) in [4.78, 5) is 26.5. The van der Waals surface area contributed by atoms with Gasteiger partial charge in [0.05, 0.1) is 14.2 Å². The van der Waals surface area contributed by atoms with Crippen molar-refractivity contribution in [2.24, 2.45) is 5.92 Å². The van der Waals surface area contributed by atoms with Crippen molar-refractivity contribution in [3.8, 4) is 5.75 Å². The highest BCUT2D eigenvalue weighted by Crippen LogP contribution is 2.29. The van der Waals surface area contributed by atoms with Gasteiger partial charge in [-0.15, -0.1) is 15.3 Å². The van der Waals surface area contributed by atoms with Crippen LogP contribution in [0.5, 0.6) is 5.75 Å². The molecule has 13 heteroatoms. The van der Waals surface area contributed by atoms with Crippen LogP contribution in [0.4, 0.5) is 19.0 Å². The Labute approximate surface area is 198 Å². The van der Waals surface area contributed by atoms with Gasteiger partial charge >= 0.3 is 12.1 Å². The molecule has 0 spiro atoms. The number of hydrogen-bond acceptors (Lipinski definition) is 8. The van der Waals surface area contributed by atoms with Crippen LogP contribution in [0.15, 0.2) is 30.3 Å². The van der Waals surface area contributed by atoms with Gasteiger partial charge in [0.25, 0.3) is 5.82 Å². The molecule has 35 heavy (non-hydrogen) atoms. The summed E-state index contributed by atoms with van der Waals surface area (Å²) in [6.45, 7) is 1.13. The van der Waals surface area contributed by atoms with Crippen LogP contribution in [0, 0.1) is 5.92 Å². The maximum absolute atomic E-state index is 13.1. The zero-order chi connectivity index (χ0) is 25.2. The van der Waals surface area contributed by atoms with E-state index in [2.05, 4.69) is 20.6 Å². The molecular formula is C22H23F3N6O4. The zero-order valence-corrected chi connectivity index (χ0v) is 19.0. The molecule has 0 radical (unpaired) electrons. The highest BCUT2D eigenvalue weighted by atomic mass is 19.4. The zero-order valence-electron chi connectivity index (χ0n) is 19.0. The fraction of sp³-hybridized carbons (Fsp3) is 0.409. The van der Waals surface area contributed by atoms with E-state index in [0.29, 0.717) is 47.6 Å². The van der Waals surface area contributed by atoms with Crippen LogP contribution in [0.25, 0.3) is 5.65 Å². The van der Waals surface area contributed by atoms with Gasteiger partial charge in [-0.25, -0.2) is 4.79 Å². The Morgan fingerprint density at radius 2 is 1.86 bits per heavy atom. The SMILES string of the molecule is COC(=O)c1cc(CNC(=O)C2CCN(c3ccc4nnc(C(F)(F)F)n4n3)CC2)ccc1OC.